The van der Waals surface area contributed by atoms with Crippen molar-refractivity contribution in [3.8, 4) is 0 Å². The van der Waals surface area contributed by atoms with E-state index >= 15 is 0 Å². The number of amides is 3. The average Bonchev–Trinajstić information content (AvgIpc) is 3.82. The molecule has 1 heterocycles. The first-order chi connectivity index (χ1) is 18.2. The van der Waals surface area contributed by atoms with Gasteiger partial charge in [-0.2, -0.15) is 0 Å². The van der Waals surface area contributed by atoms with Crippen LogP contribution in [0.1, 0.15) is 58.9 Å². The van der Waals surface area contributed by atoms with Crippen molar-refractivity contribution in [2.75, 3.05) is 6.54 Å². The first kappa shape index (κ1) is 25.9. The van der Waals surface area contributed by atoms with Crippen LogP contribution in [0.3, 0.4) is 0 Å². The van der Waals surface area contributed by atoms with E-state index in [-0.39, 0.29) is 59.9 Å². The van der Waals surface area contributed by atoms with Crippen LogP contribution in [0.5, 0.6) is 0 Å². The molecule has 2 N–H and O–H groups in total. The Balaban J connectivity index is 1.30. The molecule has 198 valence electrons. The van der Waals surface area contributed by atoms with E-state index in [2.05, 4.69) is 10.6 Å². The SMILES string of the molecule is CC(=O)c1cn(CC(=O)N(CC(=O)NCc2cccc(Cl)c2F)C2CC2)c2ccc(C(=O)NC3CC3)cc12. The van der Waals surface area contributed by atoms with E-state index in [0.29, 0.717) is 22.0 Å². The summed E-state index contributed by atoms with van der Waals surface area (Å²) in [5, 5.41) is 6.19. The molecule has 0 spiro atoms. The third-order valence-corrected chi connectivity index (χ3v) is 7.16. The minimum absolute atomic E-state index is 0.0222. The van der Waals surface area contributed by atoms with Gasteiger partial charge in [-0.15, -0.1) is 0 Å². The van der Waals surface area contributed by atoms with E-state index < -0.39 is 11.7 Å². The van der Waals surface area contributed by atoms with Gasteiger partial charge in [0.1, 0.15) is 12.4 Å². The molecule has 0 aliphatic heterocycles. The third-order valence-electron chi connectivity index (χ3n) is 6.87. The predicted molar refractivity (Wildman–Crippen MR) is 140 cm³/mol. The first-order valence-corrected chi connectivity index (χ1v) is 13.0. The van der Waals surface area contributed by atoms with Gasteiger partial charge in [0.15, 0.2) is 5.78 Å². The van der Waals surface area contributed by atoms with Crippen LogP contribution in [0.2, 0.25) is 5.02 Å². The van der Waals surface area contributed by atoms with Crippen LogP contribution in [0.25, 0.3) is 10.9 Å². The number of nitrogens with zero attached hydrogens (tertiary/aromatic N) is 2. The maximum absolute atomic E-state index is 14.1. The van der Waals surface area contributed by atoms with Gasteiger partial charge in [-0.05, 0) is 56.9 Å². The van der Waals surface area contributed by atoms with E-state index in [1.54, 1.807) is 35.0 Å². The zero-order valence-corrected chi connectivity index (χ0v) is 21.7. The lowest BCUT2D eigenvalue weighted by Crippen LogP contribution is -2.43. The molecule has 2 aromatic carbocycles. The topological polar surface area (TPSA) is 101 Å². The number of carbonyl (C=O) groups is 4. The number of carbonyl (C=O) groups excluding carboxylic acids is 4. The Morgan fingerprint density at radius 3 is 2.55 bits per heavy atom. The highest BCUT2D eigenvalue weighted by Crippen LogP contribution is 2.29. The number of hydrogen-bond donors (Lipinski definition) is 2. The van der Waals surface area contributed by atoms with Crippen molar-refractivity contribution in [3.05, 3.63) is 70.1 Å². The van der Waals surface area contributed by atoms with Crippen LogP contribution in [0.15, 0.2) is 42.6 Å². The monoisotopic (exact) mass is 538 g/mol. The Bertz CT molecular complexity index is 1440. The zero-order valence-electron chi connectivity index (χ0n) is 20.9. The van der Waals surface area contributed by atoms with Crippen molar-refractivity contribution in [1.29, 1.82) is 0 Å². The van der Waals surface area contributed by atoms with Crippen LogP contribution in [0, 0.1) is 5.82 Å². The molecule has 2 aliphatic carbocycles. The number of fused-ring (bicyclic) bond motifs is 1. The number of halogens is 2. The summed E-state index contributed by atoms with van der Waals surface area (Å²) in [5.74, 6) is -1.61. The largest absolute Gasteiger partial charge is 0.350 e. The van der Waals surface area contributed by atoms with E-state index in [0.717, 1.165) is 25.7 Å². The molecule has 3 amide bonds. The fraction of sp³-hybridized carbons (Fsp3) is 0.357. The fourth-order valence-electron chi connectivity index (χ4n) is 4.48. The molecule has 0 unspecified atom stereocenters. The van der Waals surface area contributed by atoms with Gasteiger partial charge in [0.25, 0.3) is 5.91 Å². The Morgan fingerprint density at radius 1 is 1.11 bits per heavy atom. The Morgan fingerprint density at radius 2 is 1.87 bits per heavy atom. The summed E-state index contributed by atoms with van der Waals surface area (Å²) < 4.78 is 15.8. The highest BCUT2D eigenvalue weighted by atomic mass is 35.5. The maximum atomic E-state index is 14.1. The van der Waals surface area contributed by atoms with Gasteiger partial charge >= 0.3 is 0 Å². The fourth-order valence-corrected chi connectivity index (χ4v) is 4.67. The number of Topliss-reactive ketones (excluding diaryl/α,β-unsaturated/α-hetero) is 1. The molecule has 38 heavy (non-hydrogen) atoms. The minimum atomic E-state index is -0.585. The van der Waals surface area contributed by atoms with Crippen LogP contribution < -0.4 is 10.6 Å². The summed E-state index contributed by atoms with van der Waals surface area (Å²) in [7, 11) is 0. The van der Waals surface area contributed by atoms with E-state index in [9.17, 15) is 23.6 Å². The smallest absolute Gasteiger partial charge is 0.251 e. The molecule has 2 aliphatic rings. The molecule has 2 fully saturated rings. The van der Waals surface area contributed by atoms with Crippen molar-refractivity contribution in [2.24, 2.45) is 0 Å². The van der Waals surface area contributed by atoms with Gasteiger partial charge < -0.3 is 20.1 Å². The Labute approximate surface area is 224 Å². The molecular formula is C28H28ClFN4O4. The molecular weight excluding hydrogens is 511 g/mol. The second-order valence-corrected chi connectivity index (χ2v) is 10.4. The molecule has 2 saturated carbocycles. The average molecular weight is 539 g/mol. The van der Waals surface area contributed by atoms with Gasteiger partial charge in [0.2, 0.25) is 11.8 Å². The van der Waals surface area contributed by atoms with Crippen molar-refractivity contribution in [1.82, 2.24) is 20.1 Å². The number of rotatable bonds is 10. The summed E-state index contributed by atoms with van der Waals surface area (Å²) in [6, 6.07) is 9.86. The van der Waals surface area contributed by atoms with Crippen molar-refractivity contribution >= 4 is 46.0 Å². The predicted octanol–water partition coefficient (Wildman–Crippen LogP) is 3.84. The number of benzene rings is 2. The van der Waals surface area contributed by atoms with E-state index in [1.165, 1.54) is 24.0 Å². The lowest BCUT2D eigenvalue weighted by atomic mass is 10.1. The summed E-state index contributed by atoms with van der Waals surface area (Å²) in [5.41, 5.74) is 1.80. The van der Waals surface area contributed by atoms with Crippen LogP contribution in [0.4, 0.5) is 4.39 Å². The van der Waals surface area contributed by atoms with Gasteiger partial charge in [0, 0.05) is 52.4 Å². The van der Waals surface area contributed by atoms with Gasteiger partial charge in [-0.1, -0.05) is 23.7 Å². The molecule has 8 nitrogen and oxygen atoms in total. The summed E-state index contributed by atoms with van der Waals surface area (Å²) >= 11 is 5.81. The Kier molecular flexibility index (Phi) is 7.21. The summed E-state index contributed by atoms with van der Waals surface area (Å²) in [6.45, 7) is 1.18. The zero-order chi connectivity index (χ0) is 27.0. The van der Waals surface area contributed by atoms with Crippen LogP contribution in [-0.2, 0) is 22.7 Å². The summed E-state index contributed by atoms with van der Waals surface area (Å²) in [6.07, 6.45) is 5.16. The Hall–Kier alpha value is -3.72. The lowest BCUT2D eigenvalue weighted by molar-refractivity contribution is -0.137. The third kappa shape index (κ3) is 5.72. The lowest BCUT2D eigenvalue weighted by Gasteiger charge is -2.22. The highest BCUT2D eigenvalue weighted by Gasteiger charge is 2.34. The molecule has 10 heteroatoms. The van der Waals surface area contributed by atoms with E-state index in [4.69, 9.17) is 11.6 Å². The van der Waals surface area contributed by atoms with Gasteiger partial charge in [0.05, 0.1) is 11.6 Å². The van der Waals surface area contributed by atoms with Gasteiger partial charge in [-0.25, -0.2) is 4.39 Å². The molecule has 0 atom stereocenters. The normalized spacial score (nSPS) is 14.8. The molecule has 5 rings (SSSR count). The highest BCUT2D eigenvalue weighted by molar-refractivity contribution is 6.30. The molecule has 0 radical (unpaired) electrons. The van der Waals surface area contributed by atoms with Crippen LogP contribution in [-0.4, -0.2) is 51.6 Å². The number of hydrogen-bond acceptors (Lipinski definition) is 4. The standard InChI is InChI=1S/C28H28ClFN4O4/c1-16(35)22-13-33(24-10-5-17(11-21(22)24)28(38)32-19-6-7-19)15-26(37)34(20-8-9-20)14-25(36)31-12-18-3-2-4-23(29)27(18)30/h2-5,10-11,13,19-20H,6-9,12,14-15H2,1H3,(H,31,36)(H,32,38). The molecule has 0 saturated heterocycles. The maximum Gasteiger partial charge on any atom is 0.251 e. The molecule has 0 bridgehead atoms. The molecule has 1 aromatic heterocycles. The second kappa shape index (κ2) is 10.6. The number of nitrogens with one attached hydrogen (secondary N) is 2. The minimum Gasteiger partial charge on any atom is -0.350 e. The van der Waals surface area contributed by atoms with Gasteiger partial charge in [-0.3, -0.25) is 19.2 Å². The number of aromatic nitrogens is 1. The molecule has 3 aromatic rings. The first-order valence-electron chi connectivity index (χ1n) is 12.6. The van der Waals surface area contributed by atoms with Crippen molar-refractivity contribution in [3.63, 3.8) is 0 Å². The van der Waals surface area contributed by atoms with Crippen molar-refractivity contribution in [2.45, 2.75) is 57.8 Å². The van der Waals surface area contributed by atoms with Crippen molar-refractivity contribution < 1.29 is 23.6 Å². The quantitative estimate of drug-likeness (QED) is 0.383. The summed E-state index contributed by atoms with van der Waals surface area (Å²) in [4.78, 5) is 52.4. The number of ketones is 1. The van der Waals surface area contributed by atoms with Crippen LogP contribution >= 0.6 is 11.6 Å². The second-order valence-electron chi connectivity index (χ2n) is 9.95. The van der Waals surface area contributed by atoms with E-state index in [1.807, 2.05) is 0 Å².